The van der Waals surface area contributed by atoms with Crippen molar-refractivity contribution in [3.63, 3.8) is 0 Å². The highest BCUT2D eigenvalue weighted by Crippen LogP contribution is 2.25. The Morgan fingerprint density at radius 3 is 2.45 bits per heavy atom. The number of nitrogens with zero attached hydrogens (tertiary/aromatic N) is 3. The molecule has 6 nitrogen and oxygen atoms in total. The fourth-order valence-corrected chi connectivity index (χ4v) is 4.25. The lowest BCUT2D eigenvalue weighted by molar-refractivity contribution is -0.113. The molecule has 0 saturated carbocycles. The number of hydrogen-bond acceptors (Lipinski definition) is 5. The maximum atomic E-state index is 12.6. The molecule has 0 saturated heterocycles. The minimum atomic E-state index is -0.0546. The number of hydrogen-bond donors (Lipinski definition) is 1. The van der Waals surface area contributed by atoms with Crippen LogP contribution in [0.4, 0.5) is 5.69 Å². The summed E-state index contributed by atoms with van der Waals surface area (Å²) in [5, 5.41) is 12.5. The van der Waals surface area contributed by atoms with Gasteiger partial charge < -0.3 is 14.6 Å². The second kappa shape index (κ2) is 11.9. The summed E-state index contributed by atoms with van der Waals surface area (Å²) in [6, 6.07) is 16.0. The molecule has 176 valence electrons. The predicted molar refractivity (Wildman–Crippen MR) is 135 cm³/mol. The van der Waals surface area contributed by atoms with Crippen molar-refractivity contribution in [3.05, 3.63) is 65.5 Å². The SMILES string of the molecule is CCc1ccc(OCc2nnc(SCC(=O)Nc3ccccc3C(C)C)n2CC(C)C)cc1. The highest BCUT2D eigenvalue weighted by atomic mass is 32.2. The molecular formula is C26H34N4O2S. The molecule has 0 radical (unpaired) electrons. The van der Waals surface area contributed by atoms with Crippen molar-refractivity contribution in [1.82, 2.24) is 14.8 Å². The number of aryl methyl sites for hydroxylation is 1. The minimum absolute atomic E-state index is 0.0546. The fourth-order valence-electron chi connectivity index (χ4n) is 3.48. The zero-order valence-corrected chi connectivity index (χ0v) is 21.0. The molecule has 33 heavy (non-hydrogen) atoms. The van der Waals surface area contributed by atoms with Crippen LogP contribution in [0.15, 0.2) is 53.7 Å². The summed E-state index contributed by atoms with van der Waals surface area (Å²) in [5.74, 6) is 2.53. The molecule has 0 unspecified atom stereocenters. The van der Waals surface area contributed by atoms with Crippen molar-refractivity contribution in [2.75, 3.05) is 11.1 Å². The largest absolute Gasteiger partial charge is 0.486 e. The van der Waals surface area contributed by atoms with Gasteiger partial charge in [0.1, 0.15) is 12.4 Å². The lowest BCUT2D eigenvalue weighted by Crippen LogP contribution is -2.17. The van der Waals surface area contributed by atoms with Crippen LogP contribution in [-0.2, 0) is 24.4 Å². The van der Waals surface area contributed by atoms with Gasteiger partial charge in [-0.05, 0) is 47.6 Å². The maximum Gasteiger partial charge on any atom is 0.234 e. The first-order chi connectivity index (χ1) is 15.9. The van der Waals surface area contributed by atoms with Crippen LogP contribution in [0.3, 0.4) is 0 Å². The number of amides is 1. The smallest absolute Gasteiger partial charge is 0.234 e. The van der Waals surface area contributed by atoms with Crippen LogP contribution in [-0.4, -0.2) is 26.4 Å². The van der Waals surface area contributed by atoms with E-state index in [1.165, 1.54) is 17.3 Å². The van der Waals surface area contributed by atoms with Gasteiger partial charge in [0.05, 0.1) is 5.75 Å². The third-order valence-corrected chi connectivity index (χ3v) is 6.20. The number of carbonyl (C=O) groups is 1. The Kier molecular flexibility index (Phi) is 8.95. The van der Waals surface area contributed by atoms with Gasteiger partial charge in [0, 0.05) is 12.2 Å². The minimum Gasteiger partial charge on any atom is -0.486 e. The number of nitrogens with one attached hydrogen (secondary N) is 1. The normalized spacial score (nSPS) is 11.2. The van der Waals surface area contributed by atoms with Gasteiger partial charge in [0.15, 0.2) is 11.0 Å². The zero-order valence-electron chi connectivity index (χ0n) is 20.2. The number of aromatic nitrogens is 3. The van der Waals surface area contributed by atoms with Crippen LogP contribution >= 0.6 is 11.8 Å². The molecule has 1 N–H and O–H groups in total. The molecule has 0 atom stereocenters. The van der Waals surface area contributed by atoms with Crippen molar-refractivity contribution in [3.8, 4) is 5.75 Å². The van der Waals surface area contributed by atoms with E-state index < -0.39 is 0 Å². The molecule has 3 rings (SSSR count). The van der Waals surface area contributed by atoms with Gasteiger partial charge in [0.2, 0.25) is 5.91 Å². The molecule has 1 heterocycles. The van der Waals surface area contributed by atoms with Crippen LogP contribution in [0.2, 0.25) is 0 Å². The molecule has 0 bridgehead atoms. The monoisotopic (exact) mass is 466 g/mol. The van der Waals surface area contributed by atoms with Crippen LogP contribution in [0.25, 0.3) is 0 Å². The highest BCUT2D eigenvalue weighted by molar-refractivity contribution is 7.99. The molecule has 2 aromatic carbocycles. The Bertz CT molecular complexity index is 1040. The number of carbonyl (C=O) groups excluding carboxylic acids is 1. The number of rotatable bonds is 11. The number of ether oxygens (including phenoxy) is 1. The van der Waals surface area contributed by atoms with E-state index in [0.717, 1.165) is 40.9 Å². The van der Waals surface area contributed by atoms with Crippen LogP contribution in [0.1, 0.15) is 57.5 Å². The van der Waals surface area contributed by atoms with Crippen LogP contribution in [0, 0.1) is 5.92 Å². The molecule has 3 aromatic rings. The third kappa shape index (κ3) is 7.09. The summed E-state index contributed by atoms with van der Waals surface area (Å²) in [6.07, 6.45) is 1.00. The van der Waals surface area contributed by atoms with Crippen LogP contribution < -0.4 is 10.1 Å². The summed E-state index contributed by atoms with van der Waals surface area (Å²) < 4.78 is 8.02. The highest BCUT2D eigenvalue weighted by Gasteiger charge is 2.17. The number of para-hydroxylation sites is 1. The summed E-state index contributed by atoms with van der Waals surface area (Å²) in [5.41, 5.74) is 3.27. The maximum absolute atomic E-state index is 12.6. The summed E-state index contributed by atoms with van der Waals surface area (Å²) in [6.45, 7) is 11.8. The van der Waals surface area contributed by atoms with Crippen molar-refractivity contribution in [2.24, 2.45) is 5.92 Å². The average molecular weight is 467 g/mol. The Morgan fingerprint density at radius 1 is 1.06 bits per heavy atom. The van der Waals surface area contributed by atoms with E-state index in [9.17, 15) is 4.79 Å². The van der Waals surface area contributed by atoms with Crippen molar-refractivity contribution < 1.29 is 9.53 Å². The predicted octanol–water partition coefficient (Wildman–Crippen LogP) is 5.93. The Hall–Kier alpha value is -2.80. The lowest BCUT2D eigenvalue weighted by Gasteiger charge is -2.14. The molecule has 0 aliphatic rings. The first-order valence-corrected chi connectivity index (χ1v) is 12.5. The summed E-state index contributed by atoms with van der Waals surface area (Å²) in [4.78, 5) is 12.6. The van der Waals surface area contributed by atoms with Gasteiger partial charge in [-0.25, -0.2) is 0 Å². The van der Waals surface area contributed by atoms with E-state index in [1.54, 1.807) is 0 Å². The van der Waals surface area contributed by atoms with E-state index in [-0.39, 0.29) is 11.7 Å². The van der Waals surface area contributed by atoms with Crippen LogP contribution in [0.5, 0.6) is 5.75 Å². The summed E-state index contributed by atoms with van der Waals surface area (Å²) in [7, 11) is 0. The molecular weight excluding hydrogens is 432 g/mol. The number of thioether (sulfide) groups is 1. The molecule has 0 spiro atoms. The van der Waals surface area contributed by atoms with E-state index in [4.69, 9.17) is 4.74 Å². The number of benzene rings is 2. The molecule has 0 aliphatic carbocycles. The van der Waals surface area contributed by atoms with Crippen molar-refractivity contribution in [2.45, 2.75) is 65.3 Å². The molecule has 0 aliphatic heterocycles. The lowest BCUT2D eigenvalue weighted by atomic mass is 10.0. The van der Waals surface area contributed by atoms with E-state index in [0.29, 0.717) is 18.4 Å². The van der Waals surface area contributed by atoms with Crippen molar-refractivity contribution >= 4 is 23.4 Å². The van der Waals surface area contributed by atoms with Gasteiger partial charge in [-0.1, -0.05) is 76.7 Å². The number of anilines is 1. The summed E-state index contributed by atoms with van der Waals surface area (Å²) >= 11 is 1.40. The Labute approximate surface area is 201 Å². The van der Waals surface area contributed by atoms with Gasteiger partial charge in [0.25, 0.3) is 0 Å². The second-order valence-electron chi connectivity index (χ2n) is 8.77. The fraction of sp³-hybridized carbons (Fsp3) is 0.423. The topological polar surface area (TPSA) is 69.0 Å². The van der Waals surface area contributed by atoms with Gasteiger partial charge in [-0.2, -0.15) is 0 Å². The molecule has 1 aromatic heterocycles. The first-order valence-electron chi connectivity index (χ1n) is 11.5. The average Bonchev–Trinajstić information content (AvgIpc) is 3.17. The Morgan fingerprint density at radius 2 is 1.79 bits per heavy atom. The van der Waals surface area contributed by atoms with E-state index in [1.807, 2.05) is 30.3 Å². The van der Waals surface area contributed by atoms with E-state index >= 15 is 0 Å². The van der Waals surface area contributed by atoms with Gasteiger partial charge >= 0.3 is 0 Å². The molecule has 1 amide bonds. The first kappa shape index (κ1) is 24.8. The molecule has 0 fully saturated rings. The second-order valence-corrected chi connectivity index (χ2v) is 9.71. The zero-order chi connectivity index (χ0) is 23.8. The third-order valence-electron chi connectivity index (χ3n) is 5.23. The van der Waals surface area contributed by atoms with Crippen molar-refractivity contribution in [1.29, 1.82) is 0 Å². The molecule has 7 heteroatoms. The van der Waals surface area contributed by atoms with E-state index in [2.05, 4.69) is 72.9 Å². The standard InChI is InChI=1S/C26H34N4O2S/c1-6-20-11-13-21(14-12-20)32-16-24-28-29-26(30(24)15-18(2)3)33-17-25(31)27-23-10-8-7-9-22(23)19(4)5/h7-14,18-19H,6,15-17H2,1-5H3,(H,27,31). The Balaban J connectivity index is 1.65. The quantitative estimate of drug-likeness (QED) is 0.355. The van der Waals surface area contributed by atoms with Gasteiger partial charge in [-0.3, -0.25) is 4.79 Å². The van der Waals surface area contributed by atoms with Gasteiger partial charge in [-0.15, -0.1) is 10.2 Å².